The summed E-state index contributed by atoms with van der Waals surface area (Å²) in [5, 5.41) is 8.63. The van der Waals surface area contributed by atoms with Gasteiger partial charge in [0.25, 0.3) is 5.91 Å². The van der Waals surface area contributed by atoms with Crippen molar-refractivity contribution in [2.24, 2.45) is 0 Å². The number of benzene rings is 1. The summed E-state index contributed by atoms with van der Waals surface area (Å²) >= 11 is 1.36. The van der Waals surface area contributed by atoms with E-state index in [1.807, 2.05) is 13.2 Å². The van der Waals surface area contributed by atoms with Crippen molar-refractivity contribution in [2.75, 3.05) is 12.8 Å². The second kappa shape index (κ2) is 6.79. The van der Waals surface area contributed by atoms with E-state index in [1.165, 1.54) is 11.8 Å². The highest BCUT2D eigenvalue weighted by atomic mass is 32.2. The zero-order valence-electron chi connectivity index (χ0n) is 12.4. The van der Waals surface area contributed by atoms with Gasteiger partial charge in [-0.25, -0.2) is 0 Å². The summed E-state index contributed by atoms with van der Waals surface area (Å²) in [6.45, 7) is 2.24. The van der Waals surface area contributed by atoms with Crippen LogP contribution in [0.5, 0.6) is 0 Å². The zero-order valence-corrected chi connectivity index (χ0v) is 13.2. The Hall–Kier alpha value is -2.08. The predicted molar refractivity (Wildman–Crippen MR) is 84.7 cm³/mol. The highest BCUT2D eigenvalue weighted by Crippen LogP contribution is 2.35. The summed E-state index contributed by atoms with van der Waals surface area (Å²) in [4.78, 5) is 37.8. The van der Waals surface area contributed by atoms with Gasteiger partial charge in [0.1, 0.15) is 5.37 Å². The molecule has 22 heavy (non-hydrogen) atoms. The quantitative estimate of drug-likeness (QED) is 0.814. The average molecular weight is 319 g/mol. The molecule has 0 fully saturated rings. The Balaban J connectivity index is 2.53. The first-order valence-corrected chi connectivity index (χ1v) is 8.18. The van der Waals surface area contributed by atoms with E-state index < -0.39 is 17.8 Å². The van der Waals surface area contributed by atoms with E-state index in [4.69, 9.17) is 5.11 Å². The van der Waals surface area contributed by atoms with E-state index in [0.29, 0.717) is 17.7 Å². The molecular formula is C16H17NO4S. The lowest BCUT2D eigenvalue weighted by Crippen LogP contribution is -2.34. The Morgan fingerprint density at radius 1 is 1.27 bits per heavy atom. The van der Waals surface area contributed by atoms with Crippen LogP contribution in [0.1, 0.15) is 23.7 Å². The number of carbonyl (C=O) groups is 3. The molecule has 5 nitrogen and oxygen atoms in total. The Morgan fingerprint density at radius 2 is 1.91 bits per heavy atom. The van der Waals surface area contributed by atoms with Gasteiger partial charge < -0.3 is 10.0 Å². The molecule has 2 rings (SSSR count). The molecule has 1 N–H and O–H groups in total. The van der Waals surface area contributed by atoms with Crippen molar-refractivity contribution in [3.05, 3.63) is 47.0 Å². The minimum Gasteiger partial charge on any atom is -0.481 e. The molecule has 1 amide bonds. The number of rotatable bonds is 6. The lowest BCUT2D eigenvalue weighted by Gasteiger charge is -2.23. The molecule has 1 atom stereocenters. The Bertz CT molecular complexity index is 639. The summed E-state index contributed by atoms with van der Waals surface area (Å²) in [6, 6.07) is 8.63. The first kappa shape index (κ1) is 16.3. The van der Waals surface area contributed by atoms with E-state index in [9.17, 15) is 14.4 Å². The molecule has 0 aliphatic carbocycles. The van der Waals surface area contributed by atoms with Gasteiger partial charge >= 0.3 is 5.97 Å². The summed E-state index contributed by atoms with van der Waals surface area (Å²) in [7, 11) is 0. The van der Waals surface area contributed by atoms with E-state index in [0.717, 1.165) is 0 Å². The number of hydrogen-bond acceptors (Lipinski definition) is 4. The maximum atomic E-state index is 12.8. The fraction of sp³-hybridized carbons (Fsp3) is 0.312. The summed E-state index contributed by atoms with van der Waals surface area (Å²) in [5.41, 5.74) is 0.862. The molecule has 1 aromatic rings. The van der Waals surface area contributed by atoms with Crippen molar-refractivity contribution in [1.29, 1.82) is 0 Å². The number of thioether (sulfide) groups is 1. The van der Waals surface area contributed by atoms with Crippen LogP contribution >= 0.6 is 11.8 Å². The van der Waals surface area contributed by atoms with Crippen LogP contribution in [0.25, 0.3) is 0 Å². The number of amides is 1. The molecule has 1 aliphatic heterocycles. The molecule has 0 saturated carbocycles. The molecule has 116 valence electrons. The van der Waals surface area contributed by atoms with Crippen LogP contribution in [0.3, 0.4) is 0 Å². The smallest absolute Gasteiger partial charge is 0.308 e. The summed E-state index contributed by atoms with van der Waals surface area (Å²) in [6.07, 6.45) is 1.38. The van der Waals surface area contributed by atoms with Gasteiger partial charge in [-0.15, -0.1) is 11.8 Å². The maximum Gasteiger partial charge on any atom is 0.308 e. The maximum absolute atomic E-state index is 12.8. The van der Waals surface area contributed by atoms with E-state index in [-0.39, 0.29) is 17.3 Å². The van der Waals surface area contributed by atoms with Gasteiger partial charge in [-0.2, -0.15) is 0 Å². The fourth-order valence-corrected chi connectivity index (χ4v) is 3.56. The van der Waals surface area contributed by atoms with Crippen molar-refractivity contribution in [1.82, 2.24) is 4.90 Å². The molecular weight excluding hydrogens is 302 g/mol. The van der Waals surface area contributed by atoms with Crippen molar-refractivity contribution in [2.45, 2.75) is 18.7 Å². The van der Waals surface area contributed by atoms with E-state index in [1.54, 1.807) is 35.2 Å². The molecule has 0 radical (unpaired) electrons. The third kappa shape index (κ3) is 2.92. The van der Waals surface area contributed by atoms with Gasteiger partial charge in [0.05, 0.1) is 6.42 Å². The standard InChI is InChI=1S/C16H17NO4S/c1-3-17-15(21)11(9-12(18)19)13(16(17)22-2)14(20)10-7-5-4-6-8-10/h4-8,16H,3,9H2,1-2H3,(H,18,19). The van der Waals surface area contributed by atoms with Crippen LogP contribution in [-0.4, -0.2) is 45.8 Å². The number of ketones is 1. The summed E-state index contributed by atoms with van der Waals surface area (Å²) < 4.78 is 0. The average Bonchev–Trinajstić information content (AvgIpc) is 2.78. The number of aliphatic carboxylic acids is 1. The van der Waals surface area contributed by atoms with E-state index in [2.05, 4.69) is 0 Å². The molecule has 1 unspecified atom stereocenters. The van der Waals surface area contributed by atoms with Gasteiger partial charge in [0.15, 0.2) is 5.78 Å². The predicted octanol–water partition coefficient (Wildman–Crippen LogP) is 2.19. The van der Waals surface area contributed by atoms with Crippen LogP contribution in [0.15, 0.2) is 41.5 Å². The molecule has 0 spiro atoms. The molecule has 0 aromatic heterocycles. The van der Waals surface area contributed by atoms with Crippen molar-refractivity contribution in [3.63, 3.8) is 0 Å². The number of nitrogens with zero attached hydrogens (tertiary/aromatic N) is 1. The number of likely N-dealkylation sites (N-methyl/N-ethyl adjacent to an activating group) is 1. The highest BCUT2D eigenvalue weighted by molar-refractivity contribution is 7.99. The molecule has 0 bridgehead atoms. The topological polar surface area (TPSA) is 74.7 Å². The number of carbonyl (C=O) groups excluding carboxylic acids is 2. The number of Topliss-reactive ketones (excluding diaryl/α,β-unsaturated/α-hetero) is 1. The molecule has 0 saturated heterocycles. The summed E-state index contributed by atoms with van der Waals surface area (Å²) in [5.74, 6) is -1.75. The molecule has 1 aliphatic rings. The first-order chi connectivity index (χ1) is 10.5. The number of hydrogen-bond donors (Lipinski definition) is 1. The Kier molecular flexibility index (Phi) is 5.03. The van der Waals surface area contributed by atoms with Gasteiger partial charge in [0, 0.05) is 23.3 Å². The lowest BCUT2D eigenvalue weighted by molar-refractivity contribution is -0.137. The Morgan fingerprint density at radius 3 is 2.41 bits per heavy atom. The molecule has 1 aromatic carbocycles. The highest BCUT2D eigenvalue weighted by Gasteiger charge is 2.41. The lowest BCUT2D eigenvalue weighted by atomic mass is 9.98. The molecule has 1 heterocycles. The third-order valence-corrected chi connectivity index (χ3v) is 4.48. The van der Waals surface area contributed by atoms with Gasteiger partial charge in [-0.1, -0.05) is 30.3 Å². The SMILES string of the molecule is CCN1C(=O)C(CC(=O)O)=C(C(=O)c2ccccc2)C1SC. The molecule has 6 heteroatoms. The first-order valence-electron chi connectivity index (χ1n) is 6.89. The monoisotopic (exact) mass is 319 g/mol. The van der Waals surface area contributed by atoms with Gasteiger partial charge in [0.2, 0.25) is 0 Å². The minimum atomic E-state index is -1.11. The van der Waals surface area contributed by atoms with Crippen molar-refractivity contribution < 1.29 is 19.5 Å². The van der Waals surface area contributed by atoms with Gasteiger partial charge in [-0.3, -0.25) is 14.4 Å². The van der Waals surface area contributed by atoms with Crippen LogP contribution in [-0.2, 0) is 9.59 Å². The zero-order chi connectivity index (χ0) is 16.3. The second-order valence-electron chi connectivity index (χ2n) is 4.84. The van der Waals surface area contributed by atoms with Gasteiger partial charge in [-0.05, 0) is 13.2 Å². The normalized spacial score (nSPS) is 18.0. The van der Waals surface area contributed by atoms with Crippen LogP contribution in [0.4, 0.5) is 0 Å². The number of carboxylic acid groups (broad SMARTS) is 1. The second-order valence-corrected chi connectivity index (χ2v) is 5.76. The minimum absolute atomic E-state index is 0.0996. The van der Waals surface area contributed by atoms with E-state index >= 15 is 0 Å². The van der Waals surface area contributed by atoms with Crippen molar-refractivity contribution in [3.8, 4) is 0 Å². The number of carboxylic acids is 1. The fourth-order valence-electron chi connectivity index (χ4n) is 2.57. The van der Waals surface area contributed by atoms with Crippen LogP contribution < -0.4 is 0 Å². The third-order valence-electron chi connectivity index (χ3n) is 3.55. The largest absolute Gasteiger partial charge is 0.481 e. The Labute approximate surface area is 133 Å². The van der Waals surface area contributed by atoms with Crippen LogP contribution in [0.2, 0.25) is 0 Å². The van der Waals surface area contributed by atoms with Crippen molar-refractivity contribution >= 4 is 29.4 Å². The van der Waals surface area contributed by atoms with Crippen LogP contribution in [0, 0.1) is 0 Å².